The number of anilines is 2. The first-order chi connectivity index (χ1) is 18.3. The highest BCUT2D eigenvalue weighted by Crippen LogP contribution is 2.26. The first-order valence-electron chi connectivity index (χ1n) is 11.6. The zero-order valence-corrected chi connectivity index (χ0v) is 22.3. The number of alkyl halides is 3. The molecule has 2 aromatic carbocycles. The molecule has 1 heterocycles. The van der Waals surface area contributed by atoms with Crippen molar-refractivity contribution in [2.24, 2.45) is 0 Å². The molecule has 8 nitrogen and oxygen atoms in total. The second-order valence-corrected chi connectivity index (χ2v) is 10.1. The van der Waals surface area contributed by atoms with Gasteiger partial charge in [0.1, 0.15) is 0 Å². The Morgan fingerprint density at radius 3 is 2.49 bits per heavy atom. The van der Waals surface area contributed by atoms with Gasteiger partial charge in [0.25, 0.3) is 11.1 Å². The number of carbonyl (C=O) groups is 1. The highest BCUT2D eigenvalue weighted by molar-refractivity contribution is 7.86. The SMILES string of the molecule is C#CC[n+]1c2c(cc3cc(NC(=O)c4cccc(NC(=S)OCC)c4)ccc31)CCC2.O=S(=O)([O-])C(F)(F)F. The number of aromatic nitrogens is 1. The molecule has 0 spiro atoms. The second-order valence-electron chi connectivity index (χ2n) is 8.31. The molecule has 0 unspecified atom stereocenters. The van der Waals surface area contributed by atoms with Crippen LogP contribution in [0.5, 0.6) is 0 Å². The smallest absolute Gasteiger partial charge is 0.485 e. The number of aryl methyl sites for hydroxylation is 1. The number of benzene rings is 2. The third kappa shape index (κ3) is 7.66. The third-order valence-electron chi connectivity index (χ3n) is 5.64. The van der Waals surface area contributed by atoms with Gasteiger partial charge in [-0.3, -0.25) is 4.79 Å². The van der Waals surface area contributed by atoms with Gasteiger partial charge < -0.3 is 19.9 Å². The molecule has 13 heteroatoms. The maximum absolute atomic E-state index is 12.8. The van der Waals surface area contributed by atoms with E-state index in [0.29, 0.717) is 24.4 Å². The molecule has 0 radical (unpaired) electrons. The van der Waals surface area contributed by atoms with Gasteiger partial charge in [-0.2, -0.15) is 17.7 Å². The molecule has 1 aliphatic carbocycles. The minimum atomic E-state index is -6.09. The molecule has 0 fully saturated rings. The summed E-state index contributed by atoms with van der Waals surface area (Å²) in [6, 6.07) is 15.3. The van der Waals surface area contributed by atoms with E-state index in [2.05, 4.69) is 27.2 Å². The van der Waals surface area contributed by atoms with E-state index in [-0.39, 0.29) is 11.1 Å². The van der Waals surface area contributed by atoms with E-state index in [9.17, 15) is 18.0 Å². The Balaban J connectivity index is 0.000000459. The number of halogens is 3. The molecular formula is C26H24F3N3O5S2. The van der Waals surface area contributed by atoms with Crippen molar-refractivity contribution >= 4 is 55.7 Å². The Morgan fingerprint density at radius 1 is 1.15 bits per heavy atom. The number of nitrogens with zero attached hydrogens (tertiary/aromatic N) is 1. The summed E-state index contributed by atoms with van der Waals surface area (Å²) in [7, 11) is -6.09. The van der Waals surface area contributed by atoms with E-state index in [1.54, 1.807) is 18.2 Å². The van der Waals surface area contributed by atoms with Crippen LogP contribution >= 0.6 is 12.2 Å². The van der Waals surface area contributed by atoms with Gasteiger partial charge in [-0.05, 0) is 74.3 Å². The standard InChI is InChI=1S/C25H23N3O2S.CHF3O3S/c1-3-13-28-22-10-6-7-17(22)14-19-16-21(11-12-23(19)28)26-24(29)18-8-5-9-20(15-18)27-25(31)30-4-2;2-1(3,4)8(5,6)7/h1,5,8-9,11-12,14-16H,4,6-7,10,13H2,2H3,(H-,26,27,29,31);(H,5,6,7). The Hall–Kier alpha value is -3.73. The molecule has 4 rings (SSSR count). The van der Waals surface area contributed by atoms with E-state index in [1.807, 2.05) is 31.2 Å². The number of rotatable bonds is 5. The van der Waals surface area contributed by atoms with Crippen LogP contribution < -0.4 is 15.2 Å². The zero-order valence-electron chi connectivity index (χ0n) is 20.7. The van der Waals surface area contributed by atoms with Crippen LogP contribution in [-0.4, -0.2) is 36.2 Å². The van der Waals surface area contributed by atoms with Crippen molar-refractivity contribution in [1.82, 2.24) is 0 Å². The molecule has 0 saturated heterocycles. The number of carbonyl (C=O) groups excluding carboxylic acids is 1. The lowest BCUT2D eigenvalue weighted by Crippen LogP contribution is -2.38. The maximum Gasteiger partial charge on any atom is 0.485 e. The Morgan fingerprint density at radius 2 is 1.85 bits per heavy atom. The van der Waals surface area contributed by atoms with Crippen molar-refractivity contribution < 1.29 is 40.2 Å². The average Bonchev–Trinajstić information content (AvgIpc) is 3.32. The maximum atomic E-state index is 12.8. The molecule has 1 aromatic heterocycles. The highest BCUT2D eigenvalue weighted by Gasteiger charge is 2.37. The van der Waals surface area contributed by atoms with Crippen molar-refractivity contribution in [3.05, 3.63) is 65.4 Å². The van der Waals surface area contributed by atoms with Crippen LogP contribution in [0.1, 0.15) is 35.0 Å². The largest absolute Gasteiger partial charge is 0.741 e. The number of ether oxygens (including phenoxy) is 1. The fourth-order valence-corrected chi connectivity index (χ4v) is 4.28. The van der Waals surface area contributed by atoms with Gasteiger partial charge in [-0.25, -0.2) is 8.42 Å². The lowest BCUT2D eigenvalue weighted by molar-refractivity contribution is -0.666. The number of hydrogen-bond acceptors (Lipinski definition) is 6. The summed E-state index contributed by atoms with van der Waals surface area (Å²) in [5.74, 6) is 2.58. The predicted octanol–water partition coefficient (Wildman–Crippen LogP) is 4.29. The molecule has 3 aromatic rings. The number of fused-ring (bicyclic) bond motifs is 2. The fraction of sp³-hybridized carbons (Fsp3) is 0.269. The van der Waals surface area contributed by atoms with Crippen molar-refractivity contribution in [1.29, 1.82) is 0 Å². The first-order valence-corrected chi connectivity index (χ1v) is 13.4. The number of terminal acetylenes is 1. The summed E-state index contributed by atoms with van der Waals surface area (Å²) < 4.78 is 66.4. The number of pyridine rings is 1. The van der Waals surface area contributed by atoms with Crippen LogP contribution in [0, 0.1) is 12.3 Å². The first kappa shape index (κ1) is 29.8. The number of nitrogens with one attached hydrogen (secondary N) is 2. The summed E-state index contributed by atoms with van der Waals surface area (Å²) in [5, 5.41) is 7.33. The summed E-state index contributed by atoms with van der Waals surface area (Å²) in [6.07, 6.45) is 8.89. The predicted molar refractivity (Wildman–Crippen MR) is 143 cm³/mol. The molecule has 0 atom stereocenters. The lowest BCUT2D eigenvalue weighted by Gasteiger charge is -2.11. The topological polar surface area (TPSA) is 111 Å². The molecule has 0 aliphatic heterocycles. The summed E-state index contributed by atoms with van der Waals surface area (Å²) in [4.78, 5) is 12.8. The van der Waals surface area contributed by atoms with Crippen molar-refractivity contribution in [3.8, 4) is 12.3 Å². The van der Waals surface area contributed by atoms with Gasteiger partial charge in [0.15, 0.2) is 15.8 Å². The van der Waals surface area contributed by atoms with Gasteiger partial charge in [0.2, 0.25) is 12.1 Å². The van der Waals surface area contributed by atoms with E-state index in [4.69, 9.17) is 36.3 Å². The molecule has 39 heavy (non-hydrogen) atoms. The third-order valence-corrected chi connectivity index (χ3v) is 6.43. The van der Waals surface area contributed by atoms with Gasteiger partial charge in [0.05, 0.1) is 6.61 Å². The van der Waals surface area contributed by atoms with Crippen LogP contribution in [0.2, 0.25) is 0 Å². The van der Waals surface area contributed by atoms with Crippen LogP contribution in [0.15, 0.2) is 48.5 Å². The van der Waals surface area contributed by atoms with E-state index in [1.165, 1.54) is 11.3 Å². The van der Waals surface area contributed by atoms with Crippen molar-refractivity contribution in [2.45, 2.75) is 38.2 Å². The summed E-state index contributed by atoms with van der Waals surface area (Å²) in [6.45, 7) is 2.90. The quantitative estimate of drug-likeness (QED) is 0.153. The van der Waals surface area contributed by atoms with Crippen molar-refractivity contribution in [3.63, 3.8) is 0 Å². The van der Waals surface area contributed by atoms with Gasteiger partial charge in [-0.1, -0.05) is 6.07 Å². The molecule has 0 saturated carbocycles. The van der Waals surface area contributed by atoms with Crippen LogP contribution in [0.3, 0.4) is 0 Å². The monoisotopic (exact) mass is 579 g/mol. The van der Waals surface area contributed by atoms with Gasteiger partial charge in [-0.15, -0.1) is 6.42 Å². The average molecular weight is 580 g/mol. The molecule has 0 bridgehead atoms. The van der Waals surface area contributed by atoms with E-state index < -0.39 is 15.6 Å². The molecule has 1 amide bonds. The summed E-state index contributed by atoms with van der Waals surface area (Å²) >= 11 is 5.11. The highest BCUT2D eigenvalue weighted by atomic mass is 32.2. The minimum Gasteiger partial charge on any atom is -0.741 e. The van der Waals surface area contributed by atoms with Crippen molar-refractivity contribution in [2.75, 3.05) is 17.2 Å². The zero-order chi connectivity index (χ0) is 28.8. The number of thiocarbonyl (C=S) groups is 1. The molecule has 2 N–H and O–H groups in total. The Labute approximate surface area is 228 Å². The lowest BCUT2D eigenvalue weighted by atomic mass is 10.1. The number of amides is 1. The fourth-order valence-electron chi connectivity index (χ4n) is 4.04. The van der Waals surface area contributed by atoms with E-state index in [0.717, 1.165) is 35.9 Å². The van der Waals surface area contributed by atoms with Crippen LogP contribution in [0.25, 0.3) is 10.9 Å². The normalized spacial score (nSPS) is 12.5. The Kier molecular flexibility index (Phi) is 9.49. The van der Waals surface area contributed by atoms with Crippen LogP contribution in [0.4, 0.5) is 24.5 Å². The van der Waals surface area contributed by atoms with Gasteiger partial charge in [0, 0.05) is 40.4 Å². The van der Waals surface area contributed by atoms with Crippen LogP contribution in [-0.2, 0) is 34.2 Å². The minimum absolute atomic E-state index is 0.192. The molecule has 206 valence electrons. The molecular weight excluding hydrogens is 555 g/mol. The molecule has 1 aliphatic rings. The number of hydrogen-bond donors (Lipinski definition) is 2. The van der Waals surface area contributed by atoms with E-state index >= 15 is 0 Å². The second kappa shape index (κ2) is 12.4. The summed E-state index contributed by atoms with van der Waals surface area (Å²) in [5.41, 5.74) is 0.0914. The van der Waals surface area contributed by atoms with Gasteiger partial charge >= 0.3 is 5.51 Å². The Bertz CT molecular complexity index is 1550.